The van der Waals surface area contributed by atoms with Gasteiger partial charge in [-0.15, -0.1) is 0 Å². The highest BCUT2D eigenvalue weighted by molar-refractivity contribution is 5.99. The van der Waals surface area contributed by atoms with Gasteiger partial charge in [0.05, 0.1) is 47.5 Å². The SMILES string of the molecule is CN1CCN(CCOc2ccc(-c3cnc4c(-c5ccnc6ccccc56)cnn4c3)cc2)CC1.Cc1ccc(-c2cnc3c(-c4ccc5ncccc5c4)cnn3c2)cc1.Cc1ccc(-c2cnc3c(C4=CCC=C4)cnn3c2)cc1.Cc1ccc(-c2cnn3cc(-c4ccc(OCCN5CCN(C)CC5)cc4)cnc23)cc1.c1ccc2c(-c3cnn4cc(-c5ccc(OCCN6CCCCC6)cc5)cnc34)ccnc2c1. The van der Waals surface area contributed by atoms with Crippen molar-refractivity contribution in [1.82, 2.24) is 112 Å². The molecule has 0 bridgehead atoms. The molecule has 3 fully saturated rings. The van der Waals surface area contributed by atoms with Crippen LogP contribution in [0.2, 0.25) is 0 Å². The van der Waals surface area contributed by atoms with Gasteiger partial charge in [0.2, 0.25) is 0 Å². The van der Waals surface area contributed by atoms with Crippen molar-refractivity contribution in [3.8, 4) is 117 Å². The lowest BCUT2D eigenvalue weighted by Gasteiger charge is -2.32. The van der Waals surface area contributed by atoms with Crippen LogP contribution in [0.25, 0.3) is 167 Å². The number of piperidine rings is 1. The molecule has 0 atom stereocenters. The molecule has 26 nitrogen and oxygen atoms in total. The summed E-state index contributed by atoms with van der Waals surface area (Å²) in [6.45, 7) is 22.7. The van der Waals surface area contributed by atoms with E-state index in [1.165, 1.54) is 54.6 Å². The molecule has 1 aliphatic carbocycles. The van der Waals surface area contributed by atoms with Crippen molar-refractivity contribution >= 4 is 66.5 Å². The average molecular weight is 1950 g/mol. The predicted molar refractivity (Wildman–Crippen MR) is 590 cm³/mol. The second-order valence-corrected chi connectivity index (χ2v) is 38.2. The number of rotatable bonds is 22. The Morgan fingerprint density at radius 2 is 0.601 bits per heavy atom. The number of hydrogen-bond acceptors (Lipinski definition) is 21. The Kier molecular flexibility index (Phi) is 28.9. The maximum absolute atomic E-state index is 5.99. The second-order valence-electron chi connectivity index (χ2n) is 38.2. The first kappa shape index (κ1) is 95.8. The smallest absolute Gasteiger partial charge is 0.162 e. The van der Waals surface area contributed by atoms with Crippen LogP contribution in [-0.4, -0.2) is 231 Å². The van der Waals surface area contributed by atoms with Crippen molar-refractivity contribution in [2.24, 2.45) is 0 Å². The molecule has 0 saturated carbocycles. The van der Waals surface area contributed by atoms with E-state index in [-0.39, 0.29) is 0 Å². The third-order valence-electron chi connectivity index (χ3n) is 28.0. The van der Waals surface area contributed by atoms with E-state index in [2.05, 4.69) is 268 Å². The van der Waals surface area contributed by atoms with Crippen molar-refractivity contribution in [3.63, 3.8) is 0 Å². The van der Waals surface area contributed by atoms with Gasteiger partial charge in [-0.1, -0.05) is 199 Å². The third-order valence-corrected chi connectivity index (χ3v) is 28.0. The number of aryl methyl sites for hydroxylation is 3. The molecule has 736 valence electrons. The number of hydrogen-bond donors (Lipinski definition) is 0. The van der Waals surface area contributed by atoms with Crippen molar-refractivity contribution in [2.75, 3.05) is 119 Å². The average Bonchev–Trinajstić information content (AvgIpc) is 1.62. The lowest BCUT2D eigenvalue weighted by atomic mass is 10.0. The summed E-state index contributed by atoms with van der Waals surface area (Å²) in [6.07, 6.45) is 46.1. The van der Waals surface area contributed by atoms with E-state index in [4.69, 9.17) is 29.2 Å². The Labute approximate surface area is 859 Å². The molecule has 22 aromatic rings. The molecule has 0 spiro atoms. The van der Waals surface area contributed by atoms with Crippen LogP contribution in [0.4, 0.5) is 0 Å². The minimum atomic E-state index is 0.705. The normalized spacial score (nSPS) is 14.2. The molecule has 3 saturated heterocycles. The molecule has 4 aliphatic rings. The monoisotopic (exact) mass is 1950 g/mol. The van der Waals surface area contributed by atoms with E-state index in [1.807, 2.05) is 231 Å². The van der Waals surface area contributed by atoms with Gasteiger partial charge in [0.25, 0.3) is 0 Å². The number of piperazine rings is 2. The summed E-state index contributed by atoms with van der Waals surface area (Å²) in [4.78, 5) is 49.0. The Bertz CT molecular complexity index is 8420. The highest BCUT2D eigenvalue weighted by atomic mass is 16.5. The molecule has 0 N–H and O–H groups in total. The van der Waals surface area contributed by atoms with Crippen molar-refractivity contribution in [2.45, 2.75) is 46.5 Å². The van der Waals surface area contributed by atoms with E-state index >= 15 is 0 Å². The molecule has 26 heteroatoms. The zero-order chi connectivity index (χ0) is 100. The number of para-hydroxylation sites is 2. The number of aromatic nitrogens is 18. The molecular formula is C122H115N23O3. The molecule has 3 aliphatic heterocycles. The highest BCUT2D eigenvalue weighted by Crippen LogP contribution is 2.37. The number of nitrogens with zero attached hydrogens (tertiary/aromatic N) is 23. The van der Waals surface area contributed by atoms with Crippen molar-refractivity contribution < 1.29 is 14.2 Å². The van der Waals surface area contributed by atoms with Crippen LogP contribution in [-0.2, 0) is 0 Å². The summed E-state index contributed by atoms with van der Waals surface area (Å²) in [6, 6.07) is 80.6. The second kappa shape index (κ2) is 44.7. The third kappa shape index (κ3) is 22.3. The van der Waals surface area contributed by atoms with Crippen LogP contribution in [0.5, 0.6) is 17.2 Å². The lowest BCUT2D eigenvalue weighted by Crippen LogP contribution is -2.45. The molecule has 16 heterocycles. The molecular weight excluding hydrogens is 1840 g/mol. The first-order chi connectivity index (χ1) is 72.8. The van der Waals surface area contributed by atoms with E-state index < -0.39 is 0 Å². The summed E-state index contributed by atoms with van der Waals surface area (Å²) in [5, 5.41) is 26.0. The van der Waals surface area contributed by atoms with E-state index in [9.17, 15) is 0 Å². The minimum Gasteiger partial charge on any atom is -0.492 e. The van der Waals surface area contributed by atoms with E-state index in [0.29, 0.717) is 13.2 Å². The molecule has 0 unspecified atom stereocenters. The standard InChI is InChI=1S/C28H28N6O.C28H27N5O.C26H29N5O.C22H16N4.C18H15N3/c1-32-12-14-33(15-13-32)16-17-35-23-8-6-21(7-9-23)22-18-30-28-26(19-31-34(28)20-22)24-10-11-29-27-5-3-2-4-25(24)27;1-4-14-32(15-5-1)16-17-34-23-10-8-21(9-11-23)22-18-30-28-26(19-31-33(28)20-22)24-12-13-29-27-7-3-2-6-25(24)27;1-20-3-5-22(6-4-20)25-18-28-31-19-23(17-27-26(25)31)21-7-9-24(10-8-21)32-16-15-30-13-11-29(2)12-14-30;1-15-4-6-16(7-5-15)19-12-24-22-20(13-25-26(22)14-19)17-8-9-21-18(11-17)3-2-10-23-21;1-13-6-8-14(9-7-13)16-10-19-18-17(11-20-21(18)12-16)15-4-2-3-5-15/h2-11,18-20H,12-17H2,1H3;2-3,6-13,18-20H,1,4-5,14-17H2;3-10,17-19H,11-16H2,1-2H3;2-14H,1H3;2,4-12H,3H2,1H3. The molecule has 0 radical (unpaired) electrons. The number of likely N-dealkylation sites (tertiary alicyclic amines) is 1. The van der Waals surface area contributed by atoms with Gasteiger partial charge in [0.15, 0.2) is 28.2 Å². The van der Waals surface area contributed by atoms with Crippen LogP contribution in [0, 0.1) is 20.8 Å². The molecule has 9 aromatic carbocycles. The summed E-state index contributed by atoms with van der Waals surface area (Å²) in [5.41, 5.74) is 32.5. The molecule has 13 aromatic heterocycles. The lowest BCUT2D eigenvalue weighted by molar-refractivity contribution is 0.133. The number of allylic oxidation sites excluding steroid dienone is 4. The number of benzene rings is 9. The Hall–Kier alpha value is -17.0. The molecule has 26 rings (SSSR count). The number of fused-ring (bicyclic) bond motifs is 8. The van der Waals surface area contributed by atoms with Gasteiger partial charge in [-0.2, -0.15) is 25.5 Å². The van der Waals surface area contributed by atoms with Crippen LogP contribution in [0.15, 0.2) is 366 Å². The topological polar surface area (TPSA) is 234 Å². The van der Waals surface area contributed by atoms with Gasteiger partial charge in [0.1, 0.15) is 37.1 Å². The minimum absolute atomic E-state index is 0.705. The van der Waals surface area contributed by atoms with Crippen LogP contribution in [0.3, 0.4) is 0 Å². The Morgan fingerprint density at radius 3 is 1.00 bits per heavy atom. The van der Waals surface area contributed by atoms with Gasteiger partial charge < -0.3 is 24.0 Å². The zero-order valence-electron chi connectivity index (χ0n) is 83.8. The first-order valence-electron chi connectivity index (χ1n) is 50.9. The summed E-state index contributed by atoms with van der Waals surface area (Å²) < 4.78 is 27.2. The van der Waals surface area contributed by atoms with Crippen LogP contribution < -0.4 is 14.2 Å². The van der Waals surface area contributed by atoms with Gasteiger partial charge in [-0.05, 0) is 202 Å². The highest BCUT2D eigenvalue weighted by Gasteiger charge is 2.22. The van der Waals surface area contributed by atoms with Gasteiger partial charge in [-0.3, -0.25) is 29.7 Å². The maximum atomic E-state index is 5.99. The summed E-state index contributed by atoms with van der Waals surface area (Å²) in [5.74, 6) is 2.70. The summed E-state index contributed by atoms with van der Waals surface area (Å²) in [7, 11) is 4.36. The Morgan fingerprint density at radius 1 is 0.264 bits per heavy atom. The first-order valence-corrected chi connectivity index (χ1v) is 50.9. The van der Waals surface area contributed by atoms with Gasteiger partial charge in [0, 0.05) is 224 Å². The van der Waals surface area contributed by atoms with Crippen molar-refractivity contribution in [1.29, 1.82) is 0 Å². The fourth-order valence-corrected chi connectivity index (χ4v) is 19.3. The van der Waals surface area contributed by atoms with E-state index in [0.717, 1.165) is 269 Å². The van der Waals surface area contributed by atoms with Crippen molar-refractivity contribution in [3.05, 3.63) is 389 Å². The quantitative estimate of drug-likeness (QED) is 0.0613. The van der Waals surface area contributed by atoms with Gasteiger partial charge in [-0.25, -0.2) is 47.5 Å². The maximum Gasteiger partial charge on any atom is 0.162 e. The fourth-order valence-electron chi connectivity index (χ4n) is 19.3. The predicted octanol–water partition coefficient (Wildman–Crippen LogP) is 22.7. The zero-order valence-corrected chi connectivity index (χ0v) is 83.8. The van der Waals surface area contributed by atoms with Crippen LogP contribution in [0.1, 0.15) is 47.9 Å². The number of ether oxygens (including phenoxy) is 3. The summed E-state index contributed by atoms with van der Waals surface area (Å²) >= 11 is 0. The number of pyridine rings is 3. The van der Waals surface area contributed by atoms with E-state index in [1.54, 1.807) is 0 Å². The Balaban J connectivity index is 0.000000106. The number of likely N-dealkylation sites (N-methyl/N-ethyl adjacent to an activating group) is 2. The van der Waals surface area contributed by atoms with Crippen LogP contribution >= 0.6 is 0 Å². The fraction of sp³-hybridized carbons (Fsp3) is 0.205. The van der Waals surface area contributed by atoms with Gasteiger partial charge >= 0.3 is 0 Å². The molecule has 148 heavy (non-hydrogen) atoms. The largest absolute Gasteiger partial charge is 0.492 e. The molecule has 0 amide bonds.